The van der Waals surface area contributed by atoms with E-state index in [1.54, 1.807) is 0 Å². The first-order valence-corrected chi connectivity index (χ1v) is 3.54. The van der Waals surface area contributed by atoms with Gasteiger partial charge in [0.05, 0.1) is 0 Å². The van der Waals surface area contributed by atoms with Crippen LogP contribution in [0.15, 0.2) is 0 Å². The monoisotopic (exact) mass is 189 g/mol. The number of urea groups is 1. The lowest BCUT2D eigenvalue weighted by atomic mass is 10.4. The highest BCUT2D eigenvalue weighted by Gasteiger charge is 2.02. The average Bonchev–Trinajstić information content (AvgIpc) is 2.00. The Hall–Kier alpha value is -1.79. The number of aliphatic carboxylic acids is 1. The van der Waals surface area contributed by atoms with Crippen molar-refractivity contribution < 1.29 is 19.5 Å². The van der Waals surface area contributed by atoms with E-state index in [1.165, 1.54) is 0 Å². The van der Waals surface area contributed by atoms with Gasteiger partial charge in [0.1, 0.15) is 6.54 Å². The Morgan fingerprint density at radius 1 is 1.23 bits per heavy atom. The van der Waals surface area contributed by atoms with Crippen molar-refractivity contribution >= 4 is 17.9 Å². The van der Waals surface area contributed by atoms with E-state index < -0.39 is 24.5 Å². The van der Waals surface area contributed by atoms with Gasteiger partial charge in [-0.2, -0.15) is 0 Å². The maximum atomic E-state index is 10.7. The van der Waals surface area contributed by atoms with Crippen LogP contribution < -0.4 is 16.4 Å². The summed E-state index contributed by atoms with van der Waals surface area (Å²) in [4.78, 5) is 30.9. The fourth-order valence-electron chi connectivity index (χ4n) is 0.518. The summed E-state index contributed by atoms with van der Waals surface area (Å²) in [5.74, 6) is -1.66. The van der Waals surface area contributed by atoms with Crippen LogP contribution in [0.25, 0.3) is 0 Å². The van der Waals surface area contributed by atoms with E-state index >= 15 is 0 Å². The SMILES string of the molecule is NC(=O)CCNC(=O)NCC(=O)O. The van der Waals surface area contributed by atoms with Gasteiger partial charge in [-0.15, -0.1) is 0 Å². The molecule has 74 valence electrons. The van der Waals surface area contributed by atoms with Gasteiger partial charge in [-0.3, -0.25) is 9.59 Å². The lowest BCUT2D eigenvalue weighted by Gasteiger charge is -2.03. The third kappa shape index (κ3) is 8.11. The number of primary amides is 1. The largest absolute Gasteiger partial charge is 0.480 e. The van der Waals surface area contributed by atoms with Crippen LogP contribution in [0.2, 0.25) is 0 Å². The second-order valence-electron chi connectivity index (χ2n) is 2.22. The third-order valence-electron chi connectivity index (χ3n) is 1.06. The highest BCUT2D eigenvalue weighted by Crippen LogP contribution is 1.73. The standard InChI is InChI=1S/C6H11N3O4/c7-4(10)1-2-8-6(13)9-3-5(11)12/h1-3H2,(H2,7,10)(H,11,12)(H2,8,9,13). The van der Waals surface area contributed by atoms with Crippen molar-refractivity contribution in [2.24, 2.45) is 5.73 Å². The van der Waals surface area contributed by atoms with E-state index in [2.05, 4.69) is 10.6 Å². The molecule has 0 saturated heterocycles. The zero-order valence-corrected chi connectivity index (χ0v) is 6.87. The summed E-state index contributed by atoms with van der Waals surface area (Å²) < 4.78 is 0. The molecule has 0 heterocycles. The molecule has 13 heavy (non-hydrogen) atoms. The molecule has 0 aliphatic rings. The number of nitrogens with one attached hydrogen (secondary N) is 2. The first-order chi connectivity index (χ1) is 6.02. The van der Waals surface area contributed by atoms with Crippen molar-refractivity contribution in [3.63, 3.8) is 0 Å². The van der Waals surface area contributed by atoms with Gasteiger partial charge in [-0.05, 0) is 0 Å². The number of hydrogen-bond acceptors (Lipinski definition) is 3. The Labute approximate surface area is 74.3 Å². The fraction of sp³-hybridized carbons (Fsp3) is 0.500. The van der Waals surface area contributed by atoms with E-state index in [0.717, 1.165) is 0 Å². The quantitative estimate of drug-likeness (QED) is 0.409. The number of rotatable bonds is 5. The van der Waals surface area contributed by atoms with Crippen molar-refractivity contribution in [3.05, 3.63) is 0 Å². The van der Waals surface area contributed by atoms with E-state index in [1.807, 2.05) is 0 Å². The molecule has 0 aromatic heterocycles. The molecule has 0 aromatic carbocycles. The van der Waals surface area contributed by atoms with Gasteiger partial charge in [0.2, 0.25) is 5.91 Å². The van der Waals surface area contributed by atoms with Crippen LogP contribution in [0.5, 0.6) is 0 Å². The van der Waals surface area contributed by atoms with Crippen molar-refractivity contribution in [3.8, 4) is 0 Å². The van der Waals surface area contributed by atoms with Gasteiger partial charge in [-0.25, -0.2) is 4.79 Å². The maximum Gasteiger partial charge on any atom is 0.323 e. The molecule has 0 fully saturated rings. The lowest BCUT2D eigenvalue weighted by molar-refractivity contribution is -0.135. The van der Waals surface area contributed by atoms with Crippen molar-refractivity contribution in [1.29, 1.82) is 0 Å². The molecule has 0 saturated carbocycles. The lowest BCUT2D eigenvalue weighted by Crippen LogP contribution is -2.39. The molecule has 0 unspecified atom stereocenters. The highest BCUT2D eigenvalue weighted by molar-refractivity contribution is 5.80. The van der Waals surface area contributed by atoms with Crippen molar-refractivity contribution in [2.75, 3.05) is 13.1 Å². The van der Waals surface area contributed by atoms with Crippen LogP contribution in [0.4, 0.5) is 4.79 Å². The van der Waals surface area contributed by atoms with Gasteiger partial charge in [-0.1, -0.05) is 0 Å². The smallest absolute Gasteiger partial charge is 0.323 e. The summed E-state index contributed by atoms with van der Waals surface area (Å²) >= 11 is 0. The number of nitrogens with two attached hydrogens (primary N) is 1. The number of hydrogen-bond donors (Lipinski definition) is 4. The minimum atomic E-state index is -1.13. The maximum absolute atomic E-state index is 10.7. The van der Waals surface area contributed by atoms with E-state index in [-0.39, 0.29) is 13.0 Å². The van der Waals surface area contributed by atoms with Crippen molar-refractivity contribution in [2.45, 2.75) is 6.42 Å². The summed E-state index contributed by atoms with van der Waals surface area (Å²) in [7, 11) is 0. The molecule has 0 radical (unpaired) electrons. The Balaban J connectivity index is 3.41. The van der Waals surface area contributed by atoms with E-state index in [9.17, 15) is 14.4 Å². The molecule has 0 aliphatic heterocycles. The van der Waals surface area contributed by atoms with Gasteiger partial charge in [0.15, 0.2) is 0 Å². The minimum absolute atomic E-state index is 0.0283. The second kappa shape index (κ2) is 5.81. The Bertz CT molecular complexity index is 216. The third-order valence-corrected chi connectivity index (χ3v) is 1.06. The number of amides is 3. The molecule has 3 amide bonds. The van der Waals surface area contributed by atoms with Gasteiger partial charge >= 0.3 is 12.0 Å². The van der Waals surface area contributed by atoms with Crippen LogP contribution in [0.3, 0.4) is 0 Å². The van der Waals surface area contributed by atoms with E-state index in [0.29, 0.717) is 0 Å². The van der Waals surface area contributed by atoms with Gasteiger partial charge in [0.25, 0.3) is 0 Å². The molecule has 5 N–H and O–H groups in total. The summed E-state index contributed by atoms with van der Waals surface area (Å²) in [5.41, 5.74) is 4.80. The Morgan fingerprint density at radius 3 is 2.31 bits per heavy atom. The Morgan fingerprint density at radius 2 is 1.85 bits per heavy atom. The topological polar surface area (TPSA) is 122 Å². The molecule has 0 spiro atoms. The number of carboxylic acids is 1. The first-order valence-electron chi connectivity index (χ1n) is 3.54. The molecule has 0 aromatic rings. The molecule has 7 nitrogen and oxygen atoms in total. The second-order valence-corrected chi connectivity index (χ2v) is 2.22. The van der Waals surface area contributed by atoms with E-state index in [4.69, 9.17) is 10.8 Å². The highest BCUT2D eigenvalue weighted by atomic mass is 16.4. The molecule has 0 rings (SSSR count). The summed E-state index contributed by atoms with van der Waals surface area (Å²) in [5, 5.41) is 12.5. The van der Waals surface area contributed by atoms with Crippen LogP contribution in [0, 0.1) is 0 Å². The fourth-order valence-corrected chi connectivity index (χ4v) is 0.518. The minimum Gasteiger partial charge on any atom is -0.480 e. The van der Waals surface area contributed by atoms with Crippen LogP contribution in [0.1, 0.15) is 6.42 Å². The summed E-state index contributed by atoms with van der Waals surface area (Å²) in [6.07, 6.45) is 0.0283. The number of carbonyl (C=O) groups excluding carboxylic acids is 2. The van der Waals surface area contributed by atoms with Crippen molar-refractivity contribution in [1.82, 2.24) is 10.6 Å². The average molecular weight is 189 g/mol. The molecule has 0 bridgehead atoms. The summed E-state index contributed by atoms with van der Waals surface area (Å²) in [6.45, 7) is -0.358. The zero-order chi connectivity index (χ0) is 10.3. The zero-order valence-electron chi connectivity index (χ0n) is 6.87. The molecular formula is C6H11N3O4. The molecular weight excluding hydrogens is 178 g/mol. The van der Waals surface area contributed by atoms with Crippen LogP contribution in [-0.2, 0) is 9.59 Å². The summed E-state index contributed by atoms with van der Waals surface area (Å²) in [6, 6.07) is -0.636. The number of carboxylic acid groups (broad SMARTS) is 1. The number of carbonyl (C=O) groups is 3. The molecule has 7 heteroatoms. The van der Waals surface area contributed by atoms with Gasteiger partial charge in [0, 0.05) is 13.0 Å². The first kappa shape index (κ1) is 11.2. The van der Waals surface area contributed by atoms with Crippen LogP contribution >= 0.6 is 0 Å². The predicted molar refractivity (Wildman–Crippen MR) is 42.8 cm³/mol. The Kier molecular flexibility index (Phi) is 5.01. The molecule has 0 aliphatic carbocycles. The normalized spacial score (nSPS) is 8.92. The van der Waals surface area contributed by atoms with Crippen LogP contribution in [-0.4, -0.2) is 36.1 Å². The predicted octanol–water partition coefficient (Wildman–Crippen LogP) is -1.75. The van der Waals surface area contributed by atoms with Gasteiger partial charge < -0.3 is 21.5 Å². The molecule has 0 atom stereocenters.